The van der Waals surface area contributed by atoms with Gasteiger partial charge in [-0.05, 0) is 19.3 Å². The SMILES string of the molecule is COCCCn1ccc(NC(=O)C2(N)CCCCC2)n1.Cl. The number of aryl methyl sites for hydroxylation is 1. The molecule has 1 aliphatic carbocycles. The number of hydrogen-bond acceptors (Lipinski definition) is 4. The third-order valence-corrected chi connectivity index (χ3v) is 3.82. The largest absolute Gasteiger partial charge is 0.385 e. The van der Waals surface area contributed by atoms with Crippen LogP contribution in [0.15, 0.2) is 12.3 Å². The summed E-state index contributed by atoms with van der Waals surface area (Å²) in [6.45, 7) is 1.48. The van der Waals surface area contributed by atoms with Crippen LogP contribution in [0.25, 0.3) is 0 Å². The van der Waals surface area contributed by atoms with Gasteiger partial charge in [0.2, 0.25) is 5.91 Å². The van der Waals surface area contributed by atoms with Gasteiger partial charge < -0.3 is 15.8 Å². The van der Waals surface area contributed by atoms with Crippen molar-refractivity contribution in [2.75, 3.05) is 19.0 Å². The van der Waals surface area contributed by atoms with E-state index >= 15 is 0 Å². The van der Waals surface area contributed by atoms with Gasteiger partial charge in [-0.1, -0.05) is 19.3 Å². The molecule has 0 aliphatic heterocycles. The van der Waals surface area contributed by atoms with Crippen LogP contribution in [0.5, 0.6) is 0 Å². The van der Waals surface area contributed by atoms with Crippen LogP contribution >= 0.6 is 12.4 Å². The van der Waals surface area contributed by atoms with Crippen molar-refractivity contribution in [1.29, 1.82) is 0 Å². The summed E-state index contributed by atoms with van der Waals surface area (Å²) >= 11 is 0. The second-order valence-electron chi connectivity index (χ2n) is 5.48. The molecule has 0 spiro atoms. The van der Waals surface area contributed by atoms with E-state index in [4.69, 9.17) is 10.5 Å². The summed E-state index contributed by atoms with van der Waals surface area (Å²) in [6, 6.07) is 1.80. The fraction of sp³-hybridized carbons (Fsp3) is 0.714. The molecule has 1 aromatic rings. The van der Waals surface area contributed by atoms with E-state index in [1.807, 2.05) is 6.20 Å². The number of rotatable bonds is 6. The van der Waals surface area contributed by atoms with Gasteiger partial charge in [0.25, 0.3) is 0 Å². The molecule has 1 aromatic heterocycles. The molecule has 2 rings (SSSR count). The normalized spacial score (nSPS) is 17.0. The average molecular weight is 317 g/mol. The molecule has 1 aliphatic rings. The monoisotopic (exact) mass is 316 g/mol. The first-order valence-corrected chi connectivity index (χ1v) is 7.27. The Bertz CT molecular complexity index is 444. The van der Waals surface area contributed by atoms with E-state index in [1.54, 1.807) is 17.9 Å². The van der Waals surface area contributed by atoms with Crippen molar-refractivity contribution in [3.8, 4) is 0 Å². The van der Waals surface area contributed by atoms with Crippen LogP contribution in [0.4, 0.5) is 5.82 Å². The van der Waals surface area contributed by atoms with E-state index in [0.29, 0.717) is 12.4 Å². The van der Waals surface area contributed by atoms with Crippen molar-refractivity contribution in [2.24, 2.45) is 5.73 Å². The van der Waals surface area contributed by atoms with E-state index in [2.05, 4.69) is 10.4 Å². The van der Waals surface area contributed by atoms with Crippen LogP contribution in [0, 0.1) is 0 Å². The lowest BCUT2D eigenvalue weighted by atomic mass is 9.82. The third kappa shape index (κ3) is 4.98. The number of nitrogens with zero attached hydrogens (tertiary/aromatic N) is 2. The molecule has 1 saturated carbocycles. The number of hydrogen-bond donors (Lipinski definition) is 2. The zero-order chi connectivity index (χ0) is 14.4. The number of carbonyl (C=O) groups excluding carboxylic acids is 1. The molecule has 1 heterocycles. The zero-order valence-corrected chi connectivity index (χ0v) is 13.3. The molecule has 0 aromatic carbocycles. The van der Waals surface area contributed by atoms with Gasteiger partial charge in [-0.3, -0.25) is 9.48 Å². The predicted octanol–water partition coefficient (Wildman–Crippen LogP) is 1.94. The summed E-state index contributed by atoms with van der Waals surface area (Å²) in [5.74, 6) is 0.460. The van der Waals surface area contributed by atoms with E-state index < -0.39 is 5.54 Å². The predicted molar refractivity (Wildman–Crippen MR) is 84.6 cm³/mol. The Kier molecular flexibility index (Phi) is 7.14. The van der Waals surface area contributed by atoms with Gasteiger partial charge in [-0.15, -0.1) is 12.4 Å². The summed E-state index contributed by atoms with van der Waals surface area (Å²) in [5, 5.41) is 7.16. The minimum absolute atomic E-state index is 0. The molecule has 0 bridgehead atoms. The first kappa shape index (κ1) is 17.9. The number of nitrogens with one attached hydrogen (secondary N) is 1. The molecule has 0 unspecified atom stereocenters. The highest BCUT2D eigenvalue weighted by Gasteiger charge is 2.35. The summed E-state index contributed by atoms with van der Waals surface area (Å²) in [6.07, 6.45) is 7.48. The third-order valence-electron chi connectivity index (χ3n) is 3.82. The highest BCUT2D eigenvalue weighted by Crippen LogP contribution is 2.26. The van der Waals surface area contributed by atoms with Gasteiger partial charge in [0.05, 0.1) is 5.54 Å². The van der Waals surface area contributed by atoms with Crippen LogP contribution in [-0.2, 0) is 16.1 Å². The topological polar surface area (TPSA) is 82.2 Å². The minimum atomic E-state index is -0.724. The molecular weight excluding hydrogens is 292 g/mol. The van der Waals surface area contributed by atoms with E-state index in [9.17, 15) is 4.79 Å². The summed E-state index contributed by atoms with van der Waals surface area (Å²) in [4.78, 5) is 12.3. The van der Waals surface area contributed by atoms with Gasteiger partial charge in [-0.25, -0.2) is 0 Å². The van der Waals surface area contributed by atoms with Gasteiger partial charge in [-0.2, -0.15) is 5.10 Å². The Labute approximate surface area is 131 Å². The number of amides is 1. The molecule has 1 fully saturated rings. The van der Waals surface area contributed by atoms with Gasteiger partial charge in [0, 0.05) is 32.5 Å². The van der Waals surface area contributed by atoms with Crippen molar-refractivity contribution in [3.63, 3.8) is 0 Å². The highest BCUT2D eigenvalue weighted by atomic mass is 35.5. The summed E-state index contributed by atoms with van der Waals surface area (Å²) in [5.41, 5.74) is 5.47. The lowest BCUT2D eigenvalue weighted by Crippen LogP contribution is -2.52. The number of nitrogens with two attached hydrogens (primary N) is 1. The summed E-state index contributed by atoms with van der Waals surface area (Å²) < 4.78 is 6.80. The van der Waals surface area contributed by atoms with Gasteiger partial charge in [0.1, 0.15) is 0 Å². The Morgan fingerprint density at radius 3 is 2.86 bits per heavy atom. The number of anilines is 1. The lowest BCUT2D eigenvalue weighted by Gasteiger charge is -2.31. The van der Waals surface area contributed by atoms with E-state index in [-0.39, 0.29) is 18.3 Å². The second-order valence-corrected chi connectivity index (χ2v) is 5.48. The number of methoxy groups -OCH3 is 1. The quantitative estimate of drug-likeness (QED) is 0.786. The fourth-order valence-corrected chi connectivity index (χ4v) is 2.57. The molecule has 1 amide bonds. The van der Waals surface area contributed by atoms with Gasteiger partial charge in [0.15, 0.2) is 5.82 Å². The van der Waals surface area contributed by atoms with Gasteiger partial charge >= 0.3 is 0 Å². The van der Waals surface area contributed by atoms with Crippen molar-refractivity contribution in [1.82, 2.24) is 9.78 Å². The number of ether oxygens (including phenoxy) is 1. The maximum atomic E-state index is 12.3. The average Bonchev–Trinajstić information content (AvgIpc) is 2.87. The van der Waals surface area contributed by atoms with Crippen molar-refractivity contribution < 1.29 is 9.53 Å². The maximum Gasteiger partial charge on any atom is 0.245 e. The highest BCUT2D eigenvalue weighted by molar-refractivity contribution is 5.97. The number of halogens is 1. The molecule has 3 N–H and O–H groups in total. The molecule has 0 atom stereocenters. The number of carbonyl (C=O) groups is 1. The standard InChI is InChI=1S/C14H24N4O2.ClH/c1-20-11-5-9-18-10-6-12(17-18)16-13(19)14(15)7-3-2-4-8-14;/h6,10H,2-5,7-9,11,15H2,1H3,(H,16,17,19);1H. The van der Waals surface area contributed by atoms with Crippen LogP contribution < -0.4 is 11.1 Å². The summed E-state index contributed by atoms with van der Waals surface area (Å²) in [7, 11) is 1.68. The zero-order valence-electron chi connectivity index (χ0n) is 12.5. The molecule has 6 nitrogen and oxygen atoms in total. The Balaban J connectivity index is 0.00000220. The minimum Gasteiger partial charge on any atom is -0.385 e. The van der Waals surface area contributed by atoms with Crippen molar-refractivity contribution in [3.05, 3.63) is 12.3 Å². The van der Waals surface area contributed by atoms with Crippen LogP contribution in [-0.4, -0.2) is 34.9 Å². The van der Waals surface area contributed by atoms with Crippen LogP contribution in [0.3, 0.4) is 0 Å². The van der Waals surface area contributed by atoms with Crippen LogP contribution in [0.2, 0.25) is 0 Å². The fourth-order valence-electron chi connectivity index (χ4n) is 2.57. The van der Waals surface area contributed by atoms with Crippen molar-refractivity contribution >= 4 is 24.1 Å². The smallest absolute Gasteiger partial charge is 0.245 e. The van der Waals surface area contributed by atoms with Crippen LogP contribution in [0.1, 0.15) is 38.5 Å². The first-order valence-electron chi connectivity index (χ1n) is 7.27. The lowest BCUT2D eigenvalue weighted by molar-refractivity contribution is -0.122. The molecule has 120 valence electrons. The Hall–Kier alpha value is -1.11. The Morgan fingerprint density at radius 2 is 2.19 bits per heavy atom. The number of aromatic nitrogens is 2. The van der Waals surface area contributed by atoms with E-state index in [0.717, 1.165) is 38.6 Å². The maximum absolute atomic E-state index is 12.3. The molecule has 0 saturated heterocycles. The second kappa shape index (κ2) is 8.36. The van der Waals surface area contributed by atoms with Crippen molar-refractivity contribution in [2.45, 2.75) is 50.6 Å². The molecule has 0 radical (unpaired) electrons. The first-order chi connectivity index (χ1) is 9.64. The van der Waals surface area contributed by atoms with E-state index in [1.165, 1.54) is 6.42 Å². The molecular formula is C14H25ClN4O2. The molecule has 21 heavy (non-hydrogen) atoms. The Morgan fingerprint density at radius 1 is 1.48 bits per heavy atom. The molecule has 7 heteroatoms.